The maximum atomic E-state index is 13.1. The van der Waals surface area contributed by atoms with Gasteiger partial charge in [0, 0.05) is 45.3 Å². The average molecular weight is 396 g/mol. The quantitative estimate of drug-likeness (QED) is 0.773. The van der Waals surface area contributed by atoms with Crippen molar-refractivity contribution in [2.75, 3.05) is 62.3 Å². The molecule has 7 nitrogen and oxygen atoms in total. The van der Waals surface area contributed by atoms with E-state index in [1.807, 2.05) is 29.3 Å². The van der Waals surface area contributed by atoms with E-state index in [1.54, 1.807) is 0 Å². The minimum atomic E-state index is -0.0628. The largest absolute Gasteiger partial charge is 0.378 e. The van der Waals surface area contributed by atoms with Gasteiger partial charge >= 0.3 is 0 Å². The van der Waals surface area contributed by atoms with Gasteiger partial charge in [-0.05, 0) is 12.0 Å². The maximum Gasteiger partial charge on any atom is 0.230 e. The number of morpholine rings is 1. The highest BCUT2D eigenvalue weighted by atomic mass is 16.5. The zero-order valence-electron chi connectivity index (χ0n) is 17.0. The highest BCUT2D eigenvalue weighted by Gasteiger charge is 2.28. The summed E-state index contributed by atoms with van der Waals surface area (Å²) in [6, 6.07) is 12.2. The number of nitrogens with zero attached hydrogens (tertiary/aromatic N) is 5. The van der Waals surface area contributed by atoms with Crippen molar-refractivity contribution >= 4 is 17.4 Å². The number of hydrogen-bond donors (Lipinski definition) is 0. The van der Waals surface area contributed by atoms with Gasteiger partial charge in [-0.25, -0.2) is 0 Å². The lowest BCUT2D eigenvalue weighted by molar-refractivity contribution is -0.133. The lowest BCUT2D eigenvalue weighted by Gasteiger charge is -2.37. The van der Waals surface area contributed by atoms with Crippen molar-refractivity contribution in [3.05, 3.63) is 48.2 Å². The summed E-state index contributed by atoms with van der Waals surface area (Å²) in [6.07, 6.45) is 2.64. The number of ether oxygens (including phenoxy) is 1. The first kappa shape index (κ1) is 19.6. The summed E-state index contributed by atoms with van der Waals surface area (Å²) in [5.74, 6) is 1.05. The summed E-state index contributed by atoms with van der Waals surface area (Å²) in [5, 5.41) is 8.56. The van der Waals surface area contributed by atoms with Crippen LogP contribution in [-0.2, 0) is 9.53 Å². The monoisotopic (exact) mass is 395 g/mol. The second-order valence-electron chi connectivity index (χ2n) is 7.56. The van der Waals surface area contributed by atoms with E-state index in [1.165, 1.54) is 0 Å². The third-order valence-electron chi connectivity index (χ3n) is 5.83. The number of amides is 1. The Bertz CT molecular complexity index is 802. The SMILES string of the molecule is CC[C@@H](C(=O)N1CCN(c2cc(N3CCOCC3)cnn2)CC1)c1ccccc1. The molecule has 4 rings (SSSR count). The first-order chi connectivity index (χ1) is 14.3. The van der Waals surface area contributed by atoms with Crippen molar-refractivity contribution in [1.82, 2.24) is 15.1 Å². The normalized spacial score (nSPS) is 18.6. The van der Waals surface area contributed by atoms with Gasteiger partial charge in [-0.3, -0.25) is 4.79 Å². The molecule has 0 unspecified atom stereocenters. The summed E-state index contributed by atoms with van der Waals surface area (Å²) in [7, 11) is 0. The van der Waals surface area contributed by atoms with E-state index in [9.17, 15) is 4.79 Å². The molecule has 1 aromatic heterocycles. The fourth-order valence-electron chi connectivity index (χ4n) is 4.11. The molecule has 0 N–H and O–H groups in total. The van der Waals surface area contributed by atoms with Gasteiger partial charge < -0.3 is 19.4 Å². The Balaban J connectivity index is 1.38. The van der Waals surface area contributed by atoms with Gasteiger partial charge in [0.2, 0.25) is 5.91 Å². The predicted molar refractivity (Wildman–Crippen MR) is 113 cm³/mol. The molecule has 154 valence electrons. The van der Waals surface area contributed by atoms with Crippen molar-refractivity contribution in [3.63, 3.8) is 0 Å². The van der Waals surface area contributed by atoms with Crippen LogP contribution in [-0.4, -0.2) is 73.5 Å². The molecule has 2 saturated heterocycles. The van der Waals surface area contributed by atoms with Crippen LogP contribution in [0.3, 0.4) is 0 Å². The van der Waals surface area contributed by atoms with Crippen LogP contribution in [0.2, 0.25) is 0 Å². The molecular weight excluding hydrogens is 366 g/mol. The molecule has 0 aliphatic carbocycles. The standard InChI is InChI=1S/C22H29N5O2/c1-2-20(18-6-4-3-5-7-18)22(28)27-10-8-26(9-11-27)21-16-19(17-23-24-21)25-12-14-29-15-13-25/h3-7,16-17,20H,2,8-15H2,1H3/t20-/m1/s1. The van der Waals surface area contributed by atoms with Crippen LogP contribution in [0.1, 0.15) is 24.8 Å². The van der Waals surface area contributed by atoms with Gasteiger partial charge in [0.05, 0.1) is 31.0 Å². The molecule has 2 aromatic rings. The Kier molecular flexibility index (Phi) is 6.24. The Morgan fingerprint density at radius 2 is 1.76 bits per heavy atom. The molecule has 2 fully saturated rings. The third kappa shape index (κ3) is 4.50. The maximum absolute atomic E-state index is 13.1. The fourth-order valence-corrected chi connectivity index (χ4v) is 4.11. The molecule has 1 atom stereocenters. The van der Waals surface area contributed by atoms with Crippen molar-refractivity contribution in [2.24, 2.45) is 0 Å². The summed E-state index contributed by atoms with van der Waals surface area (Å²) in [4.78, 5) is 19.6. The molecule has 7 heteroatoms. The molecule has 2 aliphatic heterocycles. The van der Waals surface area contributed by atoms with Crippen LogP contribution >= 0.6 is 0 Å². The third-order valence-corrected chi connectivity index (χ3v) is 5.83. The number of piperazine rings is 1. The van der Waals surface area contributed by atoms with E-state index in [0.29, 0.717) is 13.1 Å². The second kappa shape index (κ2) is 9.22. The number of carbonyl (C=O) groups excluding carboxylic acids is 1. The van der Waals surface area contributed by atoms with Crippen LogP contribution in [0.5, 0.6) is 0 Å². The van der Waals surface area contributed by atoms with E-state index in [-0.39, 0.29) is 11.8 Å². The Morgan fingerprint density at radius 1 is 1.03 bits per heavy atom. The smallest absolute Gasteiger partial charge is 0.230 e. The first-order valence-electron chi connectivity index (χ1n) is 10.5. The van der Waals surface area contributed by atoms with E-state index >= 15 is 0 Å². The molecule has 3 heterocycles. The molecule has 1 amide bonds. The van der Waals surface area contributed by atoms with Crippen LogP contribution in [0.4, 0.5) is 11.5 Å². The molecular formula is C22H29N5O2. The molecule has 0 saturated carbocycles. The lowest BCUT2D eigenvalue weighted by Crippen LogP contribution is -2.50. The van der Waals surface area contributed by atoms with Crippen molar-refractivity contribution in [2.45, 2.75) is 19.3 Å². The highest BCUT2D eigenvalue weighted by Crippen LogP contribution is 2.24. The van der Waals surface area contributed by atoms with E-state index in [0.717, 1.165) is 62.9 Å². The summed E-state index contributed by atoms with van der Waals surface area (Å²) >= 11 is 0. The first-order valence-corrected chi connectivity index (χ1v) is 10.5. The highest BCUT2D eigenvalue weighted by molar-refractivity contribution is 5.84. The number of anilines is 2. The Morgan fingerprint density at radius 3 is 2.45 bits per heavy atom. The average Bonchev–Trinajstić information content (AvgIpc) is 2.81. The summed E-state index contributed by atoms with van der Waals surface area (Å²) in [6.45, 7) is 8.32. The van der Waals surface area contributed by atoms with Gasteiger partial charge in [-0.1, -0.05) is 37.3 Å². The van der Waals surface area contributed by atoms with Crippen LogP contribution in [0, 0.1) is 0 Å². The number of hydrogen-bond acceptors (Lipinski definition) is 6. The number of benzene rings is 1. The van der Waals surface area contributed by atoms with Gasteiger partial charge in [0.15, 0.2) is 5.82 Å². The Hall–Kier alpha value is -2.67. The van der Waals surface area contributed by atoms with E-state index in [4.69, 9.17) is 4.74 Å². The lowest BCUT2D eigenvalue weighted by atomic mass is 9.95. The molecule has 0 bridgehead atoms. The van der Waals surface area contributed by atoms with Crippen LogP contribution in [0.15, 0.2) is 42.6 Å². The van der Waals surface area contributed by atoms with Crippen molar-refractivity contribution < 1.29 is 9.53 Å². The number of carbonyl (C=O) groups is 1. The number of aromatic nitrogens is 2. The van der Waals surface area contributed by atoms with E-state index in [2.05, 4.69) is 45.1 Å². The molecule has 0 radical (unpaired) electrons. The van der Waals surface area contributed by atoms with Gasteiger partial charge in [-0.2, -0.15) is 5.10 Å². The Labute approximate surface area is 172 Å². The van der Waals surface area contributed by atoms with Crippen LogP contribution in [0.25, 0.3) is 0 Å². The van der Waals surface area contributed by atoms with Crippen molar-refractivity contribution in [3.8, 4) is 0 Å². The second-order valence-corrected chi connectivity index (χ2v) is 7.56. The zero-order valence-corrected chi connectivity index (χ0v) is 17.0. The van der Waals surface area contributed by atoms with Gasteiger partial charge in [0.25, 0.3) is 0 Å². The van der Waals surface area contributed by atoms with E-state index < -0.39 is 0 Å². The summed E-state index contributed by atoms with van der Waals surface area (Å²) < 4.78 is 5.44. The molecule has 2 aliphatic rings. The molecule has 0 spiro atoms. The molecule has 1 aromatic carbocycles. The topological polar surface area (TPSA) is 61.8 Å². The van der Waals surface area contributed by atoms with Gasteiger partial charge in [0.1, 0.15) is 0 Å². The fraction of sp³-hybridized carbons (Fsp3) is 0.500. The minimum Gasteiger partial charge on any atom is -0.378 e. The number of rotatable bonds is 5. The summed E-state index contributed by atoms with van der Waals surface area (Å²) in [5.41, 5.74) is 2.19. The van der Waals surface area contributed by atoms with Crippen LogP contribution < -0.4 is 9.80 Å². The van der Waals surface area contributed by atoms with Gasteiger partial charge in [-0.15, -0.1) is 5.10 Å². The van der Waals surface area contributed by atoms with Crippen molar-refractivity contribution in [1.29, 1.82) is 0 Å². The minimum absolute atomic E-state index is 0.0628. The predicted octanol–water partition coefficient (Wildman–Crippen LogP) is 2.16. The zero-order chi connectivity index (χ0) is 20.1. The molecule has 29 heavy (non-hydrogen) atoms.